The van der Waals surface area contributed by atoms with Crippen LogP contribution >= 0.6 is 22.6 Å². The summed E-state index contributed by atoms with van der Waals surface area (Å²) in [5.41, 5.74) is 1.06. The number of hydrogen-bond donors (Lipinski definition) is 2. The number of nitrogens with two attached hydrogens (primary N) is 1. The van der Waals surface area contributed by atoms with Gasteiger partial charge in [0.05, 0.1) is 4.90 Å². The van der Waals surface area contributed by atoms with Crippen molar-refractivity contribution in [1.29, 1.82) is 5.26 Å². The highest BCUT2D eigenvalue weighted by Crippen LogP contribution is 2.17. The zero-order valence-corrected chi connectivity index (χ0v) is 15.2. The van der Waals surface area contributed by atoms with Crippen molar-refractivity contribution in [2.24, 2.45) is 5.14 Å². The van der Waals surface area contributed by atoms with Crippen LogP contribution in [-0.4, -0.2) is 14.3 Å². The summed E-state index contributed by atoms with van der Waals surface area (Å²) in [5, 5.41) is 16.8. The quantitative estimate of drug-likeness (QED) is 0.421. The van der Waals surface area contributed by atoms with Crippen LogP contribution in [0.2, 0.25) is 0 Å². The molecule has 0 spiro atoms. The third-order valence-corrected chi connectivity index (χ3v) is 4.92. The monoisotopic (exact) mass is 453 g/mol. The zero-order valence-electron chi connectivity index (χ0n) is 12.2. The van der Waals surface area contributed by atoms with Crippen molar-refractivity contribution in [2.75, 3.05) is 5.32 Å². The van der Waals surface area contributed by atoms with E-state index in [4.69, 9.17) is 5.14 Å². The summed E-state index contributed by atoms with van der Waals surface area (Å²) in [6.07, 6.45) is 1.50. The highest BCUT2D eigenvalue weighted by Gasteiger charge is 2.12. The molecule has 1 amide bonds. The van der Waals surface area contributed by atoms with Crippen LogP contribution in [0.1, 0.15) is 5.56 Å². The number of nitrogens with zero attached hydrogens (tertiary/aromatic N) is 1. The molecule has 0 aliphatic carbocycles. The van der Waals surface area contributed by atoms with Gasteiger partial charge in [0.1, 0.15) is 11.6 Å². The molecule has 2 aromatic rings. The Morgan fingerprint density at radius 3 is 2.33 bits per heavy atom. The average molecular weight is 453 g/mol. The lowest BCUT2D eigenvalue weighted by Crippen LogP contribution is -2.14. The number of halogens is 1. The largest absolute Gasteiger partial charge is 0.321 e. The van der Waals surface area contributed by atoms with Crippen molar-refractivity contribution in [3.05, 3.63) is 63.2 Å². The van der Waals surface area contributed by atoms with Gasteiger partial charge in [0.15, 0.2) is 0 Å². The standard InChI is InChI=1S/C16H12IN3O3S/c17-15-4-2-1-3-11(15)9-12(10-18)16(21)20-13-5-7-14(8-6-13)24(19,22)23/h1-9H,(H,20,21)(H2,19,22,23)/b12-9-. The first-order valence-electron chi connectivity index (χ1n) is 6.62. The fourth-order valence-electron chi connectivity index (χ4n) is 1.82. The highest BCUT2D eigenvalue weighted by atomic mass is 127. The predicted octanol–water partition coefficient (Wildman–Crippen LogP) is 2.48. The summed E-state index contributed by atoms with van der Waals surface area (Å²) < 4.78 is 23.3. The van der Waals surface area contributed by atoms with Crippen molar-refractivity contribution in [2.45, 2.75) is 4.90 Å². The molecule has 0 aliphatic rings. The second-order valence-electron chi connectivity index (χ2n) is 4.71. The van der Waals surface area contributed by atoms with E-state index < -0.39 is 15.9 Å². The fraction of sp³-hybridized carbons (Fsp3) is 0. The molecule has 0 saturated heterocycles. The van der Waals surface area contributed by atoms with Gasteiger partial charge in [0, 0.05) is 9.26 Å². The van der Waals surface area contributed by atoms with Gasteiger partial charge in [0.2, 0.25) is 10.0 Å². The van der Waals surface area contributed by atoms with Gasteiger partial charge >= 0.3 is 0 Å². The van der Waals surface area contributed by atoms with Gasteiger partial charge in [-0.25, -0.2) is 13.6 Å². The van der Waals surface area contributed by atoms with Crippen LogP contribution in [0.3, 0.4) is 0 Å². The smallest absolute Gasteiger partial charge is 0.266 e. The van der Waals surface area contributed by atoms with Crippen LogP contribution in [0.4, 0.5) is 5.69 Å². The molecule has 0 atom stereocenters. The SMILES string of the molecule is N#C/C(=C/c1ccccc1I)C(=O)Nc1ccc(S(N)(=O)=O)cc1. The van der Waals surface area contributed by atoms with E-state index in [1.54, 1.807) is 6.07 Å². The third-order valence-electron chi connectivity index (χ3n) is 3.01. The topological polar surface area (TPSA) is 113 Å². The van der Waals surface area contributed by atoms with Crippen LogP contribution in [-0.2, 0) is 14.8 Å². The van der Waals surface area contributed by atoms with E-state index in [1.165, 1.54) is 30.3 Å². The van der Waals surface area contributed by atoms with Crippen molar-refractivity contribution >= 4 is 50.3 Å². The Labute approximate surface area is 153 Å². The number of hydrogen-bond acceptors (Lipinski definition) is 4. The summed E-state index contributed by atoms with van der Waals surface area (Å²) in [5.74, 6) is -0.583. The number of primary sulfonamides is 1. The second-order valence-corrected chi connectivity index (χ2v) is 7.44. The van der Waals surface area contributed by atoms with Gasteiger partial charge in [-0.15, -0.1) is 0 Å². The van der Waals surface area contributed by atoms with Gasteiger partial charge in [-0.2, -0.15) is 5.26 Å². The van der Waals surface area contributed by atoms with Crippen molar-refractivity contribution < 1.29 is 13.2 Å². The first-order valence-corrected chi connectivity index (χ1v) is 9.24. The van der Waals surface area contributed by atoms with Crippen LogP contribution in [0, 0.1) is 14.9 Å². The van der Waals surface area contributed by atoms with E-state index in [0.717, 1.165) is 9.13 Å². The lowest BCUT2D eigenvalue weighted by atomic mass is 10.1. The van der Waals surface area contributed by atoms with Gasteiger partial charge in [-0.3, -0.25) is 4.79 Å². The van der Waals surface area contributed by atoms with Crippen molar-refractivity contribution in [3.8, 4) is 6.07 Å². The third kappa shape index (κ3) is 4.64. The summed E-state index contributed by atoms with van der Waals surface area (Å²) in [4.78, 5) is 12.1. The number of nitriles is 1. The molecule has 3 N–H and O–H groups in total. The molecule has 0 radical (unpaired) electrons. The second kappa shape index (κ2) is 7.57. The van der Waals surface area contributed by atoms with Gasteiger partial charge in [-0.05, 0) is 64.6 Å². The molecule has 2 rings (SSSR count). The molecular formula is C16H12IN3O3S. The molecule has 0 unspecified atom stereocenters. The molecule has 24 heavy (non-hydrogen) atoms. The Morgan fingerprint density at radius 2 is 1.79 bits per heavy atom. The summed E-state index contributed by atoms with van der Waals surface area (Å²) in [7, 11) is -3.79. The highest BCUT2D eigenvalue weighted by molar-refractivity contribution is 14.1. The molecule has 6 nitrogen and oxygen atoms in total. The maximum Gasteiger partial charge on any atom is 0.266 e. The van der Waals surface area contributed by atoms with Crippen LogP contribution in [0.15, 0.2) is 59.0 Å². The Hall–Kier alpha value is -2.22. The minimum absolute atomic E-state index is 0.0598. The molecule has 0 saturated carbocycles. The molecule has 0 bridgehead atoms. The number of amides is 1. The van der Waals surface area contributed by atoms with E-state index in [0.29, 0.717) is 5.69 Å². The Morgan fingerprint density at radius 1 is 1.17 bits per heavy atom. The molecule has 122 valence electrons. The molecule has 8 heteroatoms. The summed E-state index contributed by atoms with van der Waals surface area (Å²) in [6, 6.07) is 14.6. The number of benzene rings is 2. The number of carbonyl (C=O) groups excluding carboxylic acids is 1. The molecule has 0 fully saturated rings. The van der Waals surface area contributed by atoms with E-state index in [-0.39, 0.29) is 10.5 Å². The van der Waals surface area contributed by atoms with Gasteiger partial charge in [0.25, 0.3) is 5.91 Å². The van der Waals surface area contributed by atoms with Gasteiger partial charge in [-0.1, -0.05) is 18.2 Å². The Bertz CT molecular complexity index is 945. The van der Waals surface area contributed by atoms with E-state index >= 15 is 0 Å². The average Bonchev–Trinajstić information content (AvgIpc) is 2.53. The predicted molar refractivity (Wildman–Crippen MR) is 99.2 cm³/mol. The lowest BCUT2D eigenvalue weighted by molar-refractivity contribution is -0.112. The maximum absolute atomic E-state index is 12.2. The van der Waals surface area contributed by atoms with Gasteiger partial charge < -0.3 is 5.32 Å². The molecule has 0 aliphatic heterocycles. The normalized spacial score (nSPS) is 11.6. The number of carbonyl (C=O) groups is 1. The number of sulfonamides is 1. The summed E-state index contributed by atoms with van der Waals surface area (Å²) >= 11 is 2.11. The van der Waals surface area contributed by atoms with E-state index in [1.807, 2.05) is 24.3 Å². The van der Waals surface area contributed by atoms with E-state index in [2.05, 4.69) is 27.9 Å². The first kappa shape index (κ1) is 18.1. The maximum atomic E-state index is 12.2. The van der Waals surface area contributed by atoms with Crippen molar-refractivity contribution in [3.63, 3.8) is 0 Å². The summed E-state index contributed by atoms with van der Waals surface area (Å²) in [6.45, 7) is 0. The molecule has 0 heterocycles. The molecule has 2 aromatic carbocycles. The first-order chi connectivity index (χ1) is 11.3. The van der Waals surface area contributed by atoms with Crippen LogP contribution < -0.4 is 10.5 Å². The minimum Gasteiger partial charge on any atom is -0.321 e. The lowest BCUT2D eigenvalue weighted by Gasteiger charge is -2.06. The number of nitrogens with one attached hydrogen (secondary N) is 1. The van der Waals surface area contributed by atoms with Crippen LogP contribution in [0.25, 0.3) is 6.08 Å². The number of rotatable bonds is 4. The zero-order chi connectivity index (χ0) is 17.7. The fourth-order valence-corrected chi connectivity index (χ4v) is 2.88. The van der Waals surface area contributed by atoms with E-state index in [9.17, 15) is 18.5 Å². The molecule has 0 aromatic heterocycles. The minimum atomic E-state index is -3.79. The van der Waals surface area contributed by atoms with Crippen molar-refractivity contribution in [1.82, 2.24) is 0 Å². The number of anilines is 1. The van der Waals surface area contributed by atoms with Crippen LogP contribution in [0.5, 0.6) is 0 Å². The Balaban J connectivity index is 2.22. The molecular weight excluding hydrogens is 441 g/mol. The Kier molecular flexibility index (Phi) is 5.71.